The quantitative estimate of drug-likeness (QED) is 0.741. The molecule has 2 heterocycles. The first-order valence-corrected chi connectivity index (χ1v) is 6.97. The van der Waals surface area contributed by atoms with Gasteiger partial charge >= 0.3 is 0 Å². The summed E-state index contributed by atoms with van der Waals surface area (Å²) in [6.45, 7) is 6.08. The largest absolute Gasteiger partial charge is 0.356 e. The molecular weight excluding hydrogens is 254 g/mol. The lowest BCUT2D eigenvalue weighted by atomic mass is 10.3. The molecule has 0 atom stereocenters. The molecule has 0 saturated carbocycles. The van der Waals surface area contributed by atoms with Crippen LogP contribution in [0.4, 0.5) is 0 Å². The molecule has 0 aliphatic carbocycles. The van der Waals surface area contributed by atoms with E-state index in [-0.39, 0.29) is 5.91 Å². The maximum Gasteiger partial charge on any atom is 0.221 e. The molecule has 6 heteroatoms. The zero-order valence-electron chi connectivity index (χ0n) is 12.0. The molecule has 2 N–H and O–H groups in total. The topological polar surface area (TPSA) is 71.3 Å². The minimum absolute atomic E-state index is 0.0932. The highest BCUT2D eigenvalue weighted by Crippen LogP contribution is 2.04. The summed E-state index contributed by atoms with van der Waals surface area (Å²) in [5.74, 6) is 0.0932. The number of nitrogens with zero attached hydrogens (tertiary/aromatic N) is 3. The van der Waals surface area contributed by atoms with Gasteiger partial charge in [-0.2, -0.15) is 5.10 Å². The van der Waals surface area contributed by atoms with Crippen LogP contribution in [0.2, 0.25) is 0 Å². The summed E-state index contributed by atoms with van der Waals surface area (Å²) in [5, 5.41) is 10.4. The molecule has 108 valence electrons. The van der Waals surface area contributed by atoms with Crippen LogP contribution in [0.5, 0.6) is 0 Å². The number of fused-ring (bicyclic) bond motifs is 1. The third kappa shape index (κ3) is 4.03. The van der Waals surface area contributed by atoms with Crippen molar-refractivity contribution in [1.29, 1.82) is 0 Å². The molecule has 0 aromatic carbocycles. The minimum Gasteiger partial charge on any atom is -0.356 e. The van der Waals surface area contributed by atoms with E-state index >= 15 is 0 Å². The first-order valence-electron chi connectivity index (χ1n) is 6.97. The van der Waals surface area contributed by atoms with Crippen molar-refractivity contribution in [2.75, 3.05) is 13.1 Å². The highest BCUT2D eigenvalue weighted by Gasteiger charge is 2.02. The summed E-state index contributed by atoms with van der Waals surface area (Å²) in [5.41, 5.74) is 2.86. The summed E-state index contributed by atoms with van der Waals surface area (Å²) in [4.78, 5) is 15.8. The summed E-state index contributed by atoms with van der Waals surface area (Å²) in [7, 11) is 0. The molecule has 2 aromatic heterocycles. The van der Waals surface area contributed by atoms with Gasteiger partial charge < -0.3 is 10.6 Å². The third-order valence-corrected chi connectivity index (χ3v) is 2.92. The summed E-state index contributed by atoms with van der Waals surface area (Å²) >= 11 is 0. The predicted octanol–water partition coefficient (Wildman–Crippen LogP) is 1.04. The highest BCUT2D eigenvalue weighted by molar-refractivity contribution is 5.75. The molecule has 6 nitrogen and oxygen atoms in total. The second-order valence-corrected chi connectivity index (χ2v) is 4.83. The standard InChI is InChI=1S/C14H21N5O/c1-3-5-16-14(20)4-6-15-8-12-9-17-13-7-11(2)18-19(13)10-12/h7,9-10,15H,3-6,8H2,1-2H3,(H,16,20). The molecule has 1 amide bonds. The van der Waals surface area contributed by atoms with E-state index in [9.17, 15) is 4.79 Å². The van der Waals surface area contributed by atoms with Crippen molar-refractivity contribution in [3.05, 3.63) is 29.7 Å². The molecule has 0 spiro atoms. The maximum atomic E-state index is 11.4. The van der Waals surface area contributed by atoms with Crippen molar-refractivity contribution < 1.29 is 4.79 Å². The lowest BCUT2D eigenvalue weighted by molar-refractivity contribution is -0.120. The van der Waals surface area contributed by atoms with Gasteiger partial charge in [0.25, 0.3) is 0 Å². The van der Waals surface area contributed by atoms with Gasteiger partial charge in [0.2, 0.25) is 5.91 Å². The second kappa shape index (κ2) is 7.00. The monoisotopic (exact) mass is 275 g/mol. The zero-order valence-corrected chi connectivity index (χ0v) is 12.0. The number of nitrogens with one attached hydrogen (secondary N) is 2. The number of aromatic nitrogens is 3. The van der Waals surface area contributed by atoms with Gasteiger partial charge in [0, 0.05) is 50.1 Å². The zero-order chi connectivity index (χ0) is 14.4. The maximum absolute atomic E-state index is 11.4. The van der Waals surface area contributed by atoms with Crippen molar-refractivity contribution in [3.8, 4) is 0 Å². The Labute approximate surface area is 118 Å². The van der Waals surface area contributed by atoms with Crippen LogP contribution >= 0.6 is 0 Å². The average Bonchev–Trinajstić information content (AvgIpc) is 2.80. The fourth-order valence-corrected chi connectivity index (χ4v) is 1.91. The highest BCUT2D eigenvalue weighted by atomic mass is 16.1. The minimum atomic E-state index is 0.0932. The van der Waals surface area contributed by atoms with E-state index in [2.05, 4.69) is 20.7 Å². The molecule has 0 unspecified atom stereocenters. The third-order valence-electron chi connectivity index (χ3n) is 2.92. The molecule has 0 aliphatic heterocycles. The Morgan fingerprint density at radius 3 is 3.05 bits per heavy atom. The van der Waals surface area contributed by atoms with E-state index in [0.29, 0.717) is 19.5 Å². The Morgan fingerprint density at radius 2 is 2.25 bits per heavy atom. The molecule has 20 heavy (non-hydrogen) atoms. The molecule has 2 aromatic rings. The fraction of sp³-hybridized carbons (Fsp3) is 0.500. The first-order chi connectivity index (χ1) is 9.69. The van der Waals surface area contributed by atoms with Crippen LogP contribution in [0.3, 0.4) is 0 Å². The van der Waals surface area contributed by atoms with E-state index in [0.717, 1.165) is 29.9 Å². The molecule has 2 rings (SSSR count). The van der Waals surface area contributed by atoms with Gasteiger partial charge in [-0.3, -0.25) is 4.79 Å². The van der Waals surface area contributed by atoms with Gasteiger partial charge in [0.05, 0.1) is 5.69 Å². The smallest absolute Gasteiger partial charge is 0.221 e. The number of hydrogen-bond donors (Lipinski definition) is 2. The Hall–Kier alpha value is -1.95. The SMILES string of the molecule is CCCNC(=O)CCNCc1cnc2cc(C)nn2c1. The molecule has 0 radical (unpaired) electrons. The van der Waals surface area contributed by atoms with Crippen LogP contribution in [0.15, 0.2) is 18.5 Å². The fourth-order valence-electron chi connectivity index (χ4n) is 1.91. The number of hydrogen-bond acceptors (Lipinski definition) is 4. The summed E-state index contributed by atoms with van der Waals surface area (Å²) in [6.07, 6.45) is 5.25. The summed E-state index contributed by atoms with van der Waals surface area (Å²) in [6, 6.07) is 1.94. The Kier molecular flexibility index (Phi) is 5.06. The summed E-state index contributed by atoms with van der Waals surface area (Å²) < 4.78 is 1.78. The molecular formula is C14H21N5O. The second-order valence-electron chi connectivity index (χ2n) is 4.83. The van der Waals surface area contributed by atoms with Crippen molar-refractivity contribution in [2.45, 2.75) is 33.2 Å². The lowest BCUT2D eigenvalue weighted by Crippen LogP contribution is -2.28. The Balaban J connectivity index is 1.76. The van der Waals surface area contributed by atoms with E-state index in [1.807, 2.05) is 32.3 Å². The van der Waals surface area contributed by atoms with Crippen LogP contribution in [-0.4, -0.2) is 33.6 Å². The van der Waals surface area contributed by atoms with E-state index < -0.39 is 0 Å². The van der Waals surface area contributed by atoms with E-state index in [4.69, 9.17) is 0 Å². The van der Waals surface area contributed by atoms with Crippen LogP contribution in [0.1, 0.15) is 31.0 Å². The van der Waals surface area contributed by atoms with Crippen LogP contribution in [-0.2, 0) is 11.3 Å². The molecule has 0 aliphatic rings. The number of rotatable bonds is 7. The molecule has 0 fully saturated rings. The average molecular weight is 275 g/mol. The van der Waals surface area contributed by atoms with E-state index in [1.54, 1.807) is 4.52 Å². The van der Waals surface area contributed by atoms with Gasteiger partial charge in [-0.05, 0) is 13.3 Å². The van der Waals surface area contributed by atoms with Gasteiger partial charge in [-0.25, -0.2) is 9.50 Å². The van der Waals surface area contributed by atoms with Crippen molar-refractivity contribution in [2.24, 2.45) is 0 Å². The Morgan fingerprint density at radius 1 is 1.40 bits per heavy atom. The number of aryl methyl sites for hydroxylation is 1. The van der Waals surface area contributed by atoms with Gasteiger partial charge in [0.15, 0.2) is 5.65 Å². The van der Waals surface area contributed by atoms with Crippen LogP contribution in [0, 0.1) is 6.92 Å². The normalized spacial score (nSPS) is 10.9. The number of amides is 1. The molecule has 0 bridgehead atoms. The lowest BCUT2D eigenvalue weighted by Gasteiger charge is -2.06. The number of carbonyl (C=O) groups is 1. The number of carbonyl (C=O) groups excluding carboxylic acids is 1. The van der Waals surface area contributed by atoms with Crippen LogP contribution in [0.25, 0.3) is 5.65 Å². The Bertz CT molecular complexity index is 578. The van der Waals surface area contributed by atoms with Crippen LogP contribution < -0.4 is 10.6 Å². The predicted molar refractivity (Wildman–Crippen MR) is 77.3 cm³/mol. The van der Waals surface area contributed by atoms with Gasteiger partial charge in [-0.15, -0.1) is 0 Å². The van der Waals surface area contributed by atoms with Crippen molar-refractivity contribution in [3.63, 3.8) is 0 Å². The van der Waals surface area contributed by atoms with Crippen molar-refractivity contribution in [1.82, 2.24) is 25.2 Å². The molecule has 0 saturated heterocycles. The van der Waals surface area contributed by atoms with Crippen molar-refractivity contribution >= 4 is 11.6 Å². The van der Waals surface area contributed by atoms with E-state index in [1.165, 1.54) is 0 Å². The van der Waals surface area contributed by atoms with Gasteiger partial charge in [0.1, 0.15) is 0 Å². The first kappa shape index (κ1) is 14.5. The van der Waals surface area contributed by atoms with Gasteiger partial charge in [-0.1, -0.05) is 6.92 Å².